The van der Waals surface area contributed by atoms with Crippen LogP contribution in [0.1, 0.15) is 46.9 Å². The number of phenols is 1. The summed E-state index contributed by atoms with van der Waals surface area (Å²) in [5.41, 5.74) is 4.39. The molecule has 0 saturated heterocycles. The van der Waals surface area contributed by atoms with Gasteiger partial charge in [0.05, 0.1) is 64.2 Å². The van der Waals surface area contributed by atoms with Crippen LogP contribution in [-0.4, -0.2) is 145 Å². The summed E-state index contributed by atoms with van der Waals surface area (Å²) < 4.78 is 42.6. The topological polar surface area (TPSA) is 496 Å². The number of hydrogen-bond donors (Lipinski definition) is 7. The summed E-state index contributed by atoms with van der Waals surface area (Å²) in [6, 6.07) is 55.5. The molecule has 0 unspecified atom stereocenters. The van der Waals surface area contributed by atoms with Crippen LogP contribution in [-0.2, 0) is 0 Å². The van der Waals surface area contributed by atoms with Gasteiger partial charge in [0.1, 0.15) is 16.7 Å². The fraction of sp³-hybridized carbons (Fsp3) is 0. The fourth-order valence-corrected chi connectivity index (χ4v) is 14.8. The molecule has 7 N–H and O–H groups in total. The molecule has 0 amide bonds. The highest BCUT2D eigenvalue weighted by molar-refractivity contribution is 6.39. The molecule has 0 aliphatic heterocycles. The normalized spacial score (nSPS) is 11.2. The monoisotopic (exact) mass is 2000 g/mol. The minimum absolute atomic E-state index is 0.0145. The van der Waals surface area contributed by atoms with E-state index in [-0.39, 0.29) is 114 Å². The van der Waals surface area contributed by atoms with Gasteiger partial charge in [-0.25, -0.2) is 14.4 Å². The van der Waals surface area contributed by atoms with Crippen molar-refractivity contribution in [1.29, 1.82) is 0 Å². The molecular weight excluding hydrogens is 1960 g/mol. The molecule has 13 aromatic heterocycles. The van der Waals surface area contributed by atoms with E-state index < -0.39 is 11.1 Å². The van der Waals surface area contributed by atoms with Crippen molar-refractivity contribution in [3.8, 4) is 144 Å². The SMILES string of the molecule is O=c1cc(-c2nnc(/C=C/c3nnc(-c4ccc(Cl)c(O)c4Cl)n3-c3ccccc3Cl)o2)nc[nH]1.O=c1cc(-c2nnc(/C=C/c3nnc(-c4ccc(Cl)cc4Cl)n3-c3ccccc3Cl)o2)cc(O)[nH]1.O=c1cc(-c2nnc(/C=C/c3nnc(-c4ccc(F)cc4)n3-c3ccccc3Cl)o2)cc[nH]1.O=c1cc(-c2nnc(C#Cc3nnc(-c4ccc(Cl)nc4)n3-c3ccccc3Cl)o2)cc(O)[nH]1. The molecule has 20 rings (SSSR count). The number of pyridine rings is 4. The summed E-state index contributed by atoms with van der Waals surface area (Å²) in [6.07, 6.45) is 13.8. The number of rotatable bonds is 18. The van der Waals surface area contributed by atoms with Crippen molar-refractivity contribution in [2.24, 2.45) is 0 Å². The van der Waals surface area contributed by atoms with Crippen molar-refractivity contribution in [3.63, 3.8) is 0 Å². The Morgan fingerprint density at radius 3 is 1.34 bits per heavy atom. The maximum Gasteiger partial charge on any atom is 0.294 e. The smallest absolute Gasteiger partial charge is 0.294 e. The summed E-state index contributed by atoms with van der Waals surface area (Å²) in [5.74, 6) is 8.32. The third-order valence-corrected chi connectivity index (χ3v) is 21.6. The third-order valence-electron chi connectivity index (χ3n) is 18.9. The van der Waals surface area contributed by atoms with Crippen LogP contribution in [0.2, 0.25) is 45.3 Å². The van der Waals surface area contributed by atoms with E-state index in [1.807, 2.05) is 42.5 Å². The zero-order chi connectivity index (χ0) is 95.5. The lowest BCUT2D eigenvalue weighted by Crippen LogP contribution is -2.04. The molecule has 37 nitrogen and oxygen atoms in total. The molecule has 0 saturated carbocycles. The Morgan fingerprint density at radius 2 is 0.810 bits per heavy atom. The van der Waals surface area contributed by atoms with Gasteiger partial charge >= 0.3 is 0 Å². The van der Waals surface area contributed by atoms with E-state index in [1.165, 1.54) is 79.3 Å². The first-order chi connectivity index (χ1) is 66.4. The molecule has 0 radical (unpaired) electrons. The molecule has 0 spiro atoms. The molecule has 13 heterocycles. The second-order valence-electron chi connectivity index (χ2n) is 27.9. The Kier molecular flexibility index (Phi) is 27.7. The number of hydrogen-bond acceptors (Lipinski definition) is 29. The minimum Gasteiger partial charge on any atom is -0.505 e. The number of aromatic nitrogens is 26. The predicted octanol–water partition coefficient (Wildman–Crippen LogP) is 18.5. The van der Waals surface area contributed by atoms with Gasteiger partial charge in [-0.05, 0) is 145 Å². The molecule has 0 aliphatic rings. The van der Waals surface area contributed by atoms with Gasteiger partial charge in [-0.2, -0.15) is 0 Å². The first-order valence-corrected chi connectivity index (χ1v) is 42.6. The molecule has 0 bridgehead atoms. The van der Waals surface area contributed by atoms with Gasteiger partial charge in [0.25, 0.3) is 28.5 Å². The average Bonchev–Trinajstić information content (AvgIpc) is 1.65. The lowest BCUT2D eigenvalue weighted by Gasteiger charge is -2.12. The number of para-hydroxylation sites is 4. The maximum atomic E-state index is 13.4. The largest absolute Gasteiger partial charge is 0.505 e. The van der Waals surface area contributed by atoms with E-state index >= 15 is 0 Å². The zero-order valence-corrected chi connectivity index (χ0v) is 75.4. The molecule has 0 atom stereocenters. The Morgan fingerprint density at radius 1 is 0.350 bits per heavy atom. The van der Waals surface area contributed by atoms with E-state index in [9.17, 15) is 38.9 Å². The highest BCUT2D eigenvalue weighted by atomic mass is 35.5. The van der Waals surface area contributed by atoms with Crippen LogP contribution in [0.15, 0.2) is 262 Å². The molecule has 137 heavy (non-hydrogen) atoms. The summed E-state index contributed by atoms with van der Waals surface area (Å²) in [5, 5.41) is 98.1. The Hall–Kier alpha value is -16.7. The van der Waals surface area contributed by atoms with E-state index in [0.29, 0.717) is 127 Å². The van der Waals surface area contributed by atoms with Crippen LogP contribution in [0.4, 0.5) is 4.39 Å². The highest BCUT2D eigenvalue weighted by Crippen LogP contribution is 2.42. The maximum absolute atomic E-state index is 13.4. The van der Waals surface area contributed by atoms with Crippen LogP contribution < -0.4 is 22.2 Å². The van der Waals surface area contributed by atoms with E-state index in [2.05, 4.69) is 123 Å². The van der Waals surface area contributed by atoms with Gasteiger partial charge in [0.2, 0.25) is 46.7 Å². The highest BCUT2D eigenvalue weighted by Gasteiger charge is 2.26. The lowest BCUT2D eigenvalue weighted by atomic mass is 10.2. The van der Waals surface area contributed by atoms with Gasteiger partial charge in [0, 0.05) is 117 Å². The van der Waals surface area contributed by atoms with Gasteiger partial charge in [0.15, 0.2) is 58.3 Å². The van der Waals surface area contributed by atoms with E-state index in [1.54, 1.807) is 158 Å². The molecule has 0 aliphatic carbocycles. The van der Waals surface area contributed by atoms with Crippen LogP contribution >= 0.6 is 104 Å². The molecule has 7 aromatic carbocycles. The van der Waals surface area contributed by atoms with Gasteiger partial charge in [-0.15, -0.1) is 76.5 Å². The van der Waals surface area contributed by atoms with Crippen molar-refractivity contribution >= 4 is 141 Å². The van der Waals surface area contributed by atoms with Crippen molar-refractivity contribution < 1.29 is 37.4 Å². The standard InChI is InChI=1S/C23H13Cl3N6O3.C23H14ClFN6O2.C22H12Cl3N7O3.C22H11Cl2N7O3/c24-13-5-6-14(16(26)11-13)22-30-28-18(32(22)17-4-2-1-3-15(17)25)7-8-21-29-31-23(35-21)12-9-19(33)27-20(34)10-12;24-17-3-1-2-4-18(17)31-19(27-29-22(31)14-5-7-16(25)8-6-14)9-10-21-28-30-23(33-21)15-11-12-26-20(32)13-15;23-12-3-1-2-4-15(12)32-16(28-30-21(32)11-5-6-13(24)20(34)19(11)25)7-8-18-29-31-22(35-18)14-9-17(33)27-10-26-14;23-14-3-1-2-4-15(14)31-17(27-29-21(31)12-5-6-16(24)25-11-12)7-8-20-28-30-22(34-20)13-9-18(32)26-19(33)10-13/h1-11H,(H2,27,33,34);1-13H,(H,26,32);1-10,34H,(H,26,27,33);1-6,9-11H,(H2,26,32,33)/b8-7+;10-9+;8-7+;. The number of H-pyrrole nitrogens is 4. The summed E-state index contributed by atoms with van der Waals surface area (Å²) in [7, 11) is 0. The summed E-state index contributed by atoms with van der Waals surface area (Å²) >= 11 is 56.6. The Balaban J connectivity index is 0.000000127. The number of halogens is 10. The number of phenolic OH excluding ortho intramolecular Hbond substituents is 1. The molecule has 676 valence electrons. The number of aromatic hydroxyl groups is 3. The second kappa shape index (κ2) is 41.2. The summed E-state index contributed by atoms with van der Waals surface area (Å²) in [4.78, 5) is 63.7. The van der Waals surface area contributed by atoms with Gasteiger partial charge in [-0.3, -0.25) is 47.4 Å². The van der Waals surface area contributed by atoms with E-state index in [4.69, 9.17) is 122 Å². The number of nitrogens with one attached hydrogen (secondary N) is 4. The van der Waals surface area contributed by atoms with Crippen molar-refractivity contribution in [1.82, 2.24) is 130 Å². The van der Waals surface area contributed by atoms with E-state index in [0.717, 1.165) is 0 Å². The Bertz CT molecular complexity index is 8360. The number of benzene rings is 7. The predicted molar refractivity (Wildman–Crippen MR) is 507 cm³/mol. The molecule has 20 aromatic rings. The third kappa shape index (κ3) is 21.3. The van der Waals surface area contributed by atoms with Crippen LogP contribution in [0.25, 0.3) is 151 Å². The van der Waals surface area contributed by atoms with Crippen molar-refractivity contribution in [3.05, 3.63) is 364 Å². The van der Waals surface area contributed by atoms with Gasteiger partial charge in [-0.1, -0.05) is 158 Å². The second-order valence-corrected chi connectivity index (χ2v) is 31.5. The quantitative estimate of drug-likeness (QED) is 0.0310. The average molecular weight is 2010 g/mol. The molecule has 47 heteroatoms. The lowest BCUT2D eigenvalue weighted by molar-refractivity contribution is 0.451. The first kappa shape index (κ1) is 92.1. The van der Waals surface area contributed by atoms with Crippen LogP contribution in [0.5, 0.6) is 17.5 Å². The van der Waals surface area contributed by atoms with Crippen LogP contribution in [0, 0.1) is 17.7 Å². The first-order valence-electron chi connectivity index (χ1n) is 39.2. The number of aromatic amines is 4. The molecular formula is C90H50Cl9FN26O11. The van der Waals surface area contributed by atoms with Crippen LogP contribution in [0.3, 0.4) is 0 Å². The van der Waals surface area contributed by atoms with Crippen molar-refractivity contribution in [2.45, 2.75) is 0 Å². The van der Waals surface area contributed by atoms with Crippen molar-refractivity contribution in [2.75, 3.05) is 0 Å². The minimum atomic E-state index is -0.516. The number of nitrogens with zero attached hydrogens (tertiary/aromatic N) is 22. The molecule has 0 fully saturated rings. The zero-order valence-electron chi connectivity index (χ0n) is 68.6. The Labute approximate surface area is 810 Å². The summed E-state index contributed by atoms with van der Waals surface area (Å²) in [6.45, 7) is 0. The fourth-order valence-electron chi connectivity index (χ4n) is 12.8. The van der Waals surface area contributed by atoms with Gasteiger partial charge < -0.3 is 43.0 Å².